The first kappa shape index (κ1) is 10.7. The summed E-state index contributed by atoms with van der Waals surface area (Å²) in [6.07, 6.45) is 4.23. The summed E-state index contributed by atoms with van der Waals surface area (Å²) in [5, 5.41) is -0.0882. The van der Waals surface area contributed by atoms with Crippen LogP contribution in [0.1, 0.15) is 16.1 Å². The van der Waals surface area contributed by atoms with Gasteiger partial charge in [-0.25, -0.2) is 9.37 Å². The molecule has 0 bridgehead atoms. The van der Waals surface area contributed by atoms with E-state index in [-0.39, 0.29) is 22.1 Å². The van der Waals surface area contributed by atoms with Crippen LogP contribution in [0.2, 0.25) is 5.02 Å². The topological polar surface area (TPSA) is 42.9 Å². The lowest BCUT2D eigenvalue weighted by molar-refractivity contribution is 0.103. The van der Waals surface area contributed by atoms with E-state index in [1.54, 1.807) is 0 Å². The van der Waals surface area contributed by atoms with Crippen molar-refractivity contribution in [3.05, 3.63) is 58.9 Å². The highest BCUT2D eigenvalue weighted by atomic mass is 35.5. The summed E-state index contributed by atoms with van der Waals surface area (Å²) < 4.78 is 12.9. The Labute approximate surface area is 95.9 Å². The fraction of sp³-hybridized carbons (Fsp3) is 0. The van der Waals surface area contributed by atoms with E-state index >= 15 is 0 Å². The summed E-state index contributed by atoms with van der Waals surface area (Å²) in [6, 6.07) is 3.78. The molecule has 0 amide bonds. The summed E-state index contributed by atoms with van der Waals surface area (Å²) in [7, 11) is 0. The molecule has 5 heteroatoms. The van der Waals surface area contributed by atoms with E-state index in [2.05, 4.69) is 9.97 Å². The Balaban J connectivity index is 2.39. The average molecular weight is 237 g/mol. The number of ketones is 1. The van der Waals surface area contributed by atoms with Crippen LogP contribution in [-0.4, -0.2) is 15.8 Å². The van der Waals surface area contributed by atoms with Crippen molar-refractivity contribution in [3.63, 3.8) is 0 Å². The summed E-state index contributed by atoms with van der Waals surface area (Å²) >= 11 is 5.58. The molecule has 16 heavy (non-hydrogen) atoms. The third-order valence-corrected chi connectivity index (χ3v) is 2.27. The summed E-state index contributed by atoms with van der Waals surface area (Å²) in [5.74, 6) is -0.896. The SMILES string of the molecule is O=C(c1ccc(F)c(Cl)c1)c1cnccn1. The number of benzene rings is 1. The molecule has 2 rings (SSSR count). The van der Waals surface area contributed by atoms with Gasteiger partial charge in [-0.1, -0.05) is 11.6 Å². The van der Waals surface area contributed by atoms with Gasteiger partial charge in [-0.15, -0.1) is 0 Å². The fourth-order valence-electron chi connectivity index (χ4n) is 1.20. The van der Waals surface area contributed by atoms with Gasteiger partial charge in [-0.3, -0.25) is 9.78 Å². The average Bonchev–Trinajstić information content (AvgIpc) is 2.33. The van der Waals surface area contributed by atoms with Gasteiger partial charge >= 0.3 is 0 Å². The van der Waals surface area contributed by atoms with Crippen LogP contribution in [0.3, 0.4) is 0 Å². The van der Waals surface area contributed by atoms with E-state index in [4.69, 9.17) is 11.6 Å². The number of nitrogens with zero attached hydrogens (tertiary/aromatic N) is 2. The first-order valence-electron chi connectivity index (χ1n) is 4.44. The van der Waals surface area contributed by atoms with Gasteiger partial charge < -0.3 is 0 Å². The lowest BCUT2D eigenvalue weighted by atomic mass is 10.1. The molecular formula is C11H6ClFN2O. The molecule has 0 atom stereocenters. The van der Waals surface area contributed by atoms with Crippen LogP contribution in [0, 0.1) is 5.82 Å². The largest absolute Gasteiger partial charge is 0.287 e. The Bertz CT molecular complexity index is 531. The van der Waals surface area contributed by atoms with Crippen LogP contribution in [0.15, 0.2) is 36.8 Å². The monoisotopic (exact) mass is 236 g/mol. The van der Waals surface area contributed by atoms with Crippen molar-refractivity contribution in [2.75, 3.05) is 0 Å². The van der Waals surface area contributed by atoms with E-state index in [1.165, 1.54) is 30.7 Å². The lowest BCUT2D eigenvalue weighted by Crippen LogP contribution is -2.04. The Morgan fingerprint density at radius 1 is 1.31 bits per heavy atom. The standard InChI is InChI=1S/C11H6ClFN2O/c12-8-5-7(1-2-9(8)13)11(16)10-6-14-3-4-15-10/h1-6H. The molecule has 80 valence electrons. The normalized spacial score (nSPS) is 10.1. The Kier molecular flexibility index (Phi) is 2.92. The number of hydrogen-bond donors (Lipinski definition) is 0. The molecule has 0 unspecified atom stereocenters. The second-order valence-electron chi connectivity index (χ2n) is 3.05. The molecule has 1 heterocycles. The fourth-order valence-corrected chi connectivity index (χ4v) is 1.38. The van der Waals surface area contributed by atoms with Gasteiger partial charge in [0.1, 0.15) is 11.5 Å². The van der Waals surface area contributed by atoms with Crippen molar-refractivity contribution in [1.29, 1.82) is 0 Å². The number of carbonyl (C=O) groups is 1. The lowest BCUT2D eigenvalue weighted by Gasteiger charge is -2.00. The molecule has 3 nitrogen and oxygen atoms in total. The maximum Gasteiger partial charge on any atom is 0.212 e. The van der Waals surface area contributed by atoms with Crippen LogP contribution in [0.4, 0.5) is 4.39 Å². The Hall–Kier alpha value is -1.81. The molecule has 0 spiro atoms. The van der Waals surface area contributed by atoms with E-state index < -0.39 is 5.82 Å². The molecule has 0 N–H and O–H groups in total. The van der Waals surface area contributed by atoms with Crippen molar-refractivity contribution in [2.24, 2.45) is 0 Å². The van der Waals surface area contributed by atoms with Gasteiger partial charge in [0.05, 0.1) is 11.2 Å². The Morgan fingerprint density at radius 3 is 2.75 bits per heavy atom. The number of carbonyl (C=O) groups excluding carboxylic acids is 1. The van der Waals surface area contributed by atoms with Crippen LogP contribution in [0.25, 0.3) is 0 Å². The summed E-state index contributed by atoms with van der Waals surface area (Å²) in [4.78, 5) is 19.5. The minimum Gasteiger partial charge on any atom is -0.287 e. The Morgan fingerprint density at radius 2 is 2.12 bits per heavy atom. The number of halogens is 2. The maximum atomic E-state index is 12.9. The predicted molar refractivity (Wildman–Crippen MR) is 56.9 cm³/mol. The number of hydrogen-bond acceptors (Lipinski definition) is 3. The minimum absolute atomic E-state index is 0.0882. The smallest absolute Gasteiger partial charge is 0.212 e. The van der Waals surface area contributed by atoms with Crippen molar-refractivity contribution in [1.82, 2.24) is 9.97 Å². The predicted octanol–water partition coefficient (Wildman–Crippen LogP) is 2.50. The van der Waals surface area contributed by atoms with Crippen LogP contribution in [0.5, 0.6) is 0 Å². The van der Waals surface area contributed by atoms with Crippen molar-refractivity contribution in [3.8, 4) is 0 Å². The van der Waals surface area contributed by atoms with Crippen LogP contribution in [-0.2, 0) is 0 Å². The second-order valence-corrected chi connectivity index (χ2v) is 3.46. The zero-order valence-corrected chi connectivity index (χ0v) is 8.78. The molecule has 1 aromatic carbocycles. The van der Waals surface area contributed by atoms with Crippen molar-refractivity contribution >= 4 is 17.4 Å². The molecule has 0 aliphatic heterocycles. The zero-order chi connectivity index (χ0) is 11.5. The summed E-state index contributed by atoms with van der Waals surface area (Å²) in [6.45, 7) is 0. The number of rotatable bonds is 2. The van der Waals surface area contributed by atoms with E-state index in [9.17, 15) is 9.18 Å². The molecule has 0 radical (unpaired) electrons. The molecule has 0 fully saturated rings. The molecule has 2 aromatic rings. The summed E-state index contributed by atoms with van der Waals surface area (Å²) in [5.41, 5.74) is 0.483. The third-order valence-electron chi connectivity index (χ3n) is 1.98. The highest BCUT2D eigenvalue weighted by Crippen LogP contribution is 2.17. The third kappa shape index (κ3) is 2.06. The molecule has 0 aliphatic rings. The first-order chi connectivity index (χ1) is 7.68. The highest BCUT2D eigenvalue weighted by Gasteiger charge is 2.12. The van der Waals surface area contributed by atoms with Crippen LogP contribution < -0.4 is 0 Å². The van der Waals surface area contributed by atoms with E-state index in [0.29, 0.717) is 0 Å². The van der Waals surface area contributed by atoms with Gasteiger partial charge in [0.25, 0.3) is 0 Å². The van der Waals surface area contributed by atoms with Gasteiger partial charge in [-0.2, -0.15) is 0 Å². The van der Waals surface area contributed by atoms with Crippen LogP contribution >= 0.6 is 11.6 Å². The van der Waals surface area contributed by atoms with Gasteiger partial charge in [0.15, 0.2) is 0 Å². The number of aromatic nitrogens is 2. The zero-order valence-electron chi connectivity index (χ0n) is 8.02. The van der Waals surface area contributed by atoms with Gasteiger partial charge in [-0.05, 0) is 18.2 Å². The quantitative estimate of drug-likeness (QED) is 0.753. The maximum absolute atomic E-state index is 12.9. The van der Waals surface area contributed by atoms with E-state index in [0.717, 1.165) is 6.07 Å². The first-order valence-corrected chi connectivity index (χ1v) is 4.82. The molecule has 1 aromatic heterocycles. The van der Waals surface area contributed by atoms with Gasteiger partial charge in [0.2, 0.25) is 5.78 Å². The molecular weight excluding hydrogens is 231 g/mol. The molecule has 0 saturated carbocycles. The van der Waals surface area contributed by atoms with Crippen molar-refractivity contribution < 1.29 is 9.18 Å². The molecule has 0 saturated heterocycles. The van der Waals surface area contributed by atoms with Gasteiger partial charge in [0, 0.05) is 18.0 Å². The van der Waals surface area contributed by atoms with Crippen molar-refractivity contribution in [2.45, 2.75) is 0 Å². The molecule has 0 aliphatic carbocycles. The minimum atomic E-state index is -0.558. The van der Waals surface area contributed by atoms with E-state index in [1.807, 2.05) is 0 Å². The second kappa shape index (κ2) is 4.37. The highest BCUT2D eigenvalue weighted by molar-refractivity contribution is 6.31.